The first-order valence-corrected chi connectivity index (χ1v) is 6.28. The van der Waals surface area contributed by atoms with Gasteiger partial charge in [-0.25, -0.2) is 0 Å². The predicted octanol–water partition coefficient (Wildman–Crippen LogP) is 3.45. The Labute approximate surface area is 115 Å². The van der Waals surface area contributed by atoms with Crippen LogP contribution in [0.5, 0.6) is 0 Å². The molecular weight excluding hydrogens is 295 g/mol. The Kier molecular flexibility index (Phi) is 3.53. The van der Waals surface area contributed by atoms with E-state index in [1.807, 2.05) is 0 Å². The molecule has 0 aliphatic carbocycles. The third-order valence-corrected chi connectivity index (χ3v) is 3.53. The molecule has 0 amide bonds. The lowest BCUT2D eigenvalue weighted by atomic mass is 9.87. The average molecular weight is 303 g/mol. The molecule has 2 aromatic rings. The number of nitro benzene ring substituents is 1. The number of hydrogen-bond acceptors (Lipinski definition) is 4. The van der Waals surface area contributed by atoms with Gasteiger partial charge in [-0.15, -0.1) is 0 Å². The van der Waals surface area contributed by atoms with Crippen molar-refractivity contribution in [1.82, 2.24) is 0 Å². The lowest BCUT2D eigenvalue weighted by molar-refractivity contribution is -0.384. The first-order valence-electron chi connectivity index (χ1n) is 5.33. The van der Waals surface area contributed by atoms with Crippen molar-refractivity contribution in [3.63, 3.8) is 0 Å². The van der Waals surface area contributed by atoms with Gasteiger partial charge in [0.25, 0.3) is 5.69 Å². The van der Waals surface area contributed by atoms with E-state index in [-0.39, 0.29) is 11.3 Å². The van der Waals surface area contributed by atoms with E-state index in [1.54, 1.807) is 0 Å². The third-order valence-electron chi connectivity index (χ3n) is 2.85. The molecule has 0 bridgehead atoms. The topological polar surface area (TPSA) is 63.4 Å². The summed E-state index contributed by atoms with van der Waals surface area (Å²) in [5, 5.41) is 23.2. The van der Waals surface area contributed by atoms with Gasteiger partial charge in [0.1, 0.15) is 0 Å². The van der Waals surface area contributed by atoms with E-state index >= 15 is 0 Å². The Morgan fingerprint density at radius 2 is 1.70 bits per heavy atom. The monoisotopic (exact) mass is 303 g/mol. The molecule has 0 radical (unpaired) electrons. The second-order valence-electron chi connectivity index (χ2n) is 4.02. The number of rotatable bonds is 3. The summed E-state index contributed by atoms with van der Waals surface area (Å²) < 4.78 is 39.7. The van der Waals surface area contributed by atoms with Crippen molar-refractivity contribution in [2.75, 3.05) is 0 Å². The van der Waals surface area contributed by atoms with Gasteiger partial charge >= 0.3 is 6.18 Å². The number of non-ortho nitro benzene ring substituents is 1. The van der Waals surface area contributed by atoms with E-state index in [4.69, 9.17) is 0 Å². The average Bonchev–Trinajstić information content (AvgIpc) is 2.90. The van der Waals surface area contributed by atoms with Gasteiger partial charge in [-0.2, -0.15) is 24.5 Å². The normalized spacial score (nSPS) is 14.8. The molecule has 1 aromatic heterocycles. The second-order valence-corrected chi connectivity index (χ2v) is 4.80. The van der Waals surface area contributed by atoms with E-state index in [0.29, 0.717) is 0 Å². The zero-order valence-electron chi connectivity index (χ0n) is 9.79. The Hall–Kier alpha value is -1.93. The summed E-state index contributed by atoms with van der Waals surface area (Å²) >= 11 is 1.02. The van der Waals surface area contributed by atoms with Crippen LogP contribution in [0.25, 0.3) is 0 Å². The van der Waals surface area contributed by atoms with Crippen LogP contribution < -0.4 is 0 Å². The van der Waals surface area contributed by atoms with Crippen LogP contribution in [0.2, 0.25) is 0 Å². The fourth-order valence-electron chi connectivity index (χ4n) is 1.79. The molecule has 0 saturated heterocycles. The van der Waals surface area contributed by atoms with Gasteiger partial charge in [0.05, 0.1) is 4.92 Å². The lowest BCUT2D eigenvalue weighted by Crippen LogP contribution is -2.43. The molecule has 0 saturated carbocycles. The largest absolute Gasteiger partial charge is 0.425 e. The number of benzene rings is 1. The number of thiophene rings is 1. The van der Waals surface area contributed by atoms with Crippen molar-refractivity contribution >= 4 is 17.0 Å². The van der Waals surface area contributed by atoms with Crippen LogP contribution in [0.3, 0.4) is 0 Å². The minimum absolute atomic E-state index is 0.316. The Morgan fingerprint density at radius 1 is 1.10 bits per heavy atom. The Bertz CT molecular complexity index is 610. The third kappa shape index (κ3) is 2.27. The van der Waals surface area contributed by atoms with Gasteiger partial charge in [0, 0.05) is 17.7 Å². The highest BCUT2D eigenvalue weighted by Crippen LogP contribution is 2.45. The SMILES string of the molecule is O=[N+]([O-])c1ccc(C(O)(c2ccsc2)C(F)(F)F)cc1. The maximum Gasteiger partial charge on any atom is 0.425 e. The van der Waals surface area contributed by atoms with Crippen LogP contribution in [-0.4, -0.2) is 16.2 Å². The molecule has 1 aromatic carbocycles. The molecule has 2 rings (SSSR count). The highest BCUT2D eigenvalue weighted by Gasteiger charge is 2.56. The van der Waals surface area contributed by atoms with Gasteiger partial charge in [-0.1, -0.05) is 0 Å². The first-order chi connectivity index (χ1) is 9.26. The van der Waals surface area contributed by atoms with Gasteiger partial charge in [0.2, 0.25) is 5.60 Å². The zero-order chi connectivity index (χ0) is 15.0. The number of nitrogens with zero attached hydrogens (tertiary/aromatic N) is 1. The summed E-state index contributed by atoms with van der Waals surface area (Å²) in [6.45, 7) is 0. The first kappa shape index (κ1) is 14.5. The number of halogens is 3. The van der Waals surface area contributed by atoms with Gasteiger partial charge < -0.3 is 5.11 Å². The molecule has 1 N–H and O–H groups in total. The predicted molar refractivity (Wildman–Crippen MR) is 66.5 cm³/mol. The molecular formula is C12H8F3NO3S. The van der Waals surface area contributed by atoms with Crippen LogP contribution in [0.1, 0.15) is 11.1 Å². The van der Waals surface area contributed by atoms with Crippen molar-refractivity contribution in [2.45, 2.75) is 11.8 Å². The summed E-state index contributed by atoms with van der Waals surface area (Å²) in [7, 11) is 0. The van der Waals surface area contributed by atoms with Crippen LogP contribution in [0.4, 0.5) is 18.9 Å². The summed E-state index contributed by atoms with van der Waals surface area (Å²) in [5.41, 5.74) is -4.30. The molecule has 1 unspecified atom stereocenters. The maximum absolute atomic E-state index is 13.2. The molecule has 0 fully saturated rings. The summed E-state index contributed by atoms with van der Waals surface area (Å²) in [6, 6.07) is 4.84. The minimum atomic E-state index is -4.94. The number of nitro groups is 1. The molecule has 20 heavy (non-hydrogen) atoms. The van der Waals surface area contributed by atoms with Gasteiger partial charge in [0.15, 0.2) is 0 Å². The summed E-state index contributed by atoms with van der Waals surface area (Å²) in [6.07, 6.45) is -4.94. The minimum Gasteiger partial charge on any atom is -0.372 e. The number of hydrogen-bond donors (Lipinski definition) is 1. The molecule has 0 aliphatic heterocycles. The van der Waals surface area contributed by atoms with E-state index in [0.717, 1.165) is 35.6 Å². The van der Waals surface area contributed by atoms with E-state index < -0.39 is 22.3 Å². The van der Waals surface area contributed by atoms with Crippen molar-refractivity contribution in [3.8, 4) is 0 Å². The molecule has 8 heteroatoms. The standard InChI is InChI=1S/C12H8F3NO3S/c13-12(14,15)11(17,9-5-6-20-7-9)8-1-3-10(4-2-8)16(18)19/h1-7,17H. The molecule has 1 heterocycles. The quantitative estimate of drug-likeness (QED) is 0.697. The Morgan fingerprint density at radius 3 is 2.10 bits per heavy atom. The van der Waals surface area contributed by atoms with Crippen molar-refractivity contribution in [2.24, 2.45) is 0 Å². The molecule has 0 aliphatic rings. The van der Waals surface area contributed by atoms with Gasteiger partial charge in [-0.05, 0) is 34.5 Å². The van der Waals surface area contributed by atoms with Crippen molar-refractivity contribution in [1.29, 1.82) is 0 Å². The smallest absolute Gasteiger partial charge is 0.372 e. The molecule has 106 valence electrons. The van der Waals surface area contributed by atoms with Crippen LogP contribution >= 0.6 is 11.3 Å². The van der Waals surface area contributed by atoms with Crippen LogP contribution in [0.15, 0.2) is 41.1 Å². The van der Waals surface area contributed by atoms with E-state index in [9.17, 15) is 28.4 Å². The van der Waals surface area contributed by atoms with Crippen molar-refractivity contribution < 1.29 is 23.2 Å². The van der Waals surface area contributed by atoms with E-state index in [2.05, 4.69) is 0 Å². The molecule has 0 spiro atoms. The van der Waals surface area contributed by atoms with Crippen molar-refractivity contribution in [3.05, 3.63) is 62.3 Å². The van der Waals surface area contributed by atoms with Crippen LogP contribution in [-0.2, 0) is 5.60 Å². The summed E-state index contributed by atoms with van der Waals surface area (Å²) in [5.74, 6) is 0. The number of alkyl halides is 3. The maximum atomic E-state index is 13.2. The highest BCUT2D eigenvalue weighted by molar-refractivity contribution is 7.08. The lowest BCUT2D eigenvalue weighted by Gasteiger charge is -2.30. The zero-order valence-corrected chi connectivity index (χ0v) is 10.6. The molecule has 1 atom stereocenters. The Balaban J connectivity index is 2.56. The molecule has 4 nitrogen and oxygen atoms in total. The van der Waals surface area contributed by atoms with Crippen LogP contribution in [0, 0.1) is 10.1 Å². The fraction of sp³-hybridized carbons (Fsp3) is 0.167. The second kappa shape index (κ2) is 4.88. The summed E-state index contributed by atoms with van der Waals surface area (Å²) in [4.78, 5) is 9.79. The van der Waals surface area contributed by atoms with Gasteiger partial charge in [-0.3, -0.25) is 10.1 Å². The van der Waals surface area contributed by atoms with E-state index in [1.165, 1.54) is 16.8 Å². The number of aliphatic hydroxyl groups is 1. The highest BCUT2D eigenvalue weighted by atomic mass is 32.1. The fourth-order valence-corrected chi connectivity index (χ4v) is 2.49.